The molecule has 2 aromatic rings. The van der Waals surface area contributed by atoms with Crippen LogP contribution in [0.25, 0.3) is 4.96 Å². The van der Waals surface area contributed by atoms with E-state index in [9.17, 15) is 9.59 Å². The number of carbonyl (C=O) groups excluding carboxylic acids is 1. The Labute approximate surface area is 168 Å². The third-order valence-corrected chi connectivity index (χ3v) is 6.39. The smallest absolute Gasteiger partial charge is 0.275 e. The molecule has 1 aliphatic heterocycles. The van der Waals surface area contributed by atoms with Crippen LogP contribution < -0.4 is 10.9 Å². The summed E-state index contributed by atoms with van der Waals surface area (Å²) >= 11 is 1.46. The maximum Gasteiger partial charge on any atom is 0.275 e. The molecule has 2 aromatic heterocycles. The third kappa shape index (κ3) is 4.59. The second-order valence-electron chi connectivity index (χ2n) is 7.67. The van der Waals surface area contributed by atoms with Gasteiger partial charge in [0.2, 0.25) is 10.9 Å². The summed E-state index contributed by atoms with van der Waals surface area (Å²) < 4.78 is 7.17. The number of hydrogen-bond donors (Lipinski definition) is 1. The largest absolute Gasteiger partial charge is 0.376 e. The SMILES string of the molecule is CCc1nn2c(=O)cc(CN3CCC(CNC(=O)C(C)C)(OC)CC3)nc2s1. The Hall–Kier alpha value is -1.84. The van der Waals surface area contributed by atoms with E-state index in [1.54, 1.807) is 13.2 Å². The van der Waals surface area contributed by atoms with Crippen LogP contribution in [0.3, 0.4) is 0 Å². The summed E-state index contributed by atoms with van der Waals surface area (Å²) in [4.78, 5) is 31.8. The average molecular weight is 408 g/mol. The fourth-order valence-corrected chi connectivity index (χ4v) is 4.23. The highest BCUT2D eigenvalue weighted by Gasteiger charge is 2.35. The summed E-state index contributed by atoms with van der Waals surface area (Å²) in [5.74, 6) is 0.0157. The van der Waals surface area contributed by atoms with Gasteiger partial charge in [-0.2, -0.15) is 9.61 Å². The van der Waals surface area contributed by atoms with Crippen LogP contribution in [0.2, 0.25) is 0 Å². The van der Waals surface area contributed by atoms with Gasteiger partial charge in [-0.15, -0.1) is 0 Å². The number of ether oxygens (including phenoxy) is 1. The number of nitrogens with zero attached hydrogens (tertiary/aromatic N) is 4. The van der Waals surface area contributed by atoms with Gasteiger partial charge in [0.15, 0.2) is 0 Å². The minimum absolute atomic E-state index is 0.0332. The van der Waals surface area contributed by atoms with Crippen LogP contribution in [0.5, 0.6) is 0 Å². The molecule has 1 amide bonds. The Bertz CT molecular complexity index is 883. The van der Waals surface area contributed by atoms with E-state index in [0.717, 1.165) is 43.1 Å². The number of likely N-dealkylation sites (tertiary alicyclic amines) is 1. The fraction of sp³-hybridized carbons (Fsp3) is 0.684. The number of rotatable bonds is 7. The lowest BCUT2D eigenvalue weighted by Gasteiger charge is -2.41. The van der Waals surface area contributed by atoms with Gasteiger partial charge in [0, 0.05) is 45.3 Å². The summed E-state index contributed by atoms with van der Waals surface area (Å²) in [6, 6.07) is 1.58. The van der Waals surface area contributed by atoms with Crippen LogP contribution in [-0.4, -0.2) is 57.8 Å². The minimum Gasteiger partial charge on any atom is -0.376 e. The molecule has 1 aliphatic rings. The van der Waals surface area contributed by atoms with Crippen molar-refractivity contribution in [3.63, 3.8) is 0 Å². The van der Waals surface area contributed by atoms with Crippen molar-refractivity contribution < 1.29 is 9.53 Å². The highest BCUT2D eigenvalue weighted by Crippen LogP contribution is 2.26. The number of amides is 1. The molecule has 1 fully saturated rings. The molecular formula is C19H29N5O3S. The van der Waals surface area contributed by atoms with Gasteiger partial charge >= 0.3 is 0 Å². The van der Waals surface area contributed by atoms with E-state index in [1.807, 2.05) is 20.8 Å². The number of aromatic nitrogens is 3. The van der Waals surface area contributed by atoms with Crippen molar-refractivity contribution in [1.82, 2.24) is 24.8 Å². The van der Waals surface area contributed by atoms with Gasteiger partial charge in [-0.25, -0.2) is 4.98 Å². The minimum atomic E-state index is -0.328. The van der Waals surface area contributed by atoms with E-state index < -0.39 is 0 Å². The van der Waals surface area contributed by atoms with Crippen LogP contribution in [0.15, 0.2) is 10.9 Å². The molecule has 0 saturated carbocycles. The van der Waals surface area contributed by atoms with E-state index >= 15 is 0 Å². The molecule has 0 unspecified atom stereocenters. The predicted molar refractivity (Wildman–Crippen MR) is 109 cm³/mol. The second-order valence-corrected chi connectivity index (χ2v) is 8.71. The predicted octanol–water partition coefficient (Wildman–Crippen LogP) is 1.47. The summed E-state index contributed by atoms with van der Waals surface area (Å²) in [6.45, 7) is 8.60. The number of fused-ring (bicyclic) bond motifs is 1. The summed E-state index contributed by atoms with van der Waals surface area (Å²) in [5, 5.41) is 8.20. The van der Waals surface area contributed by atoms with E-state index in [-0.39, 0.29) is 23.0 Å². The molecule has 154 valence electrons. The van der Waals surface area contributed by atoms with Gasteiger partial charge in [-0.05, 0) is 19.3 Å². The van der Waals surface area contributed by atoms with E-state index in [2.05, 4.69) is 20.3 Å². The maximum absolute atomic E-state index is 12.3. The molecule has 3 rings (SSSR count). The summed E-state index contributed by atoms with van der Waals surface area (Å²) in [6.07, 6.45) is 2.44. The van der Waals surface area contributed by atoms with Crippen molar-refractivity contribution in [3.05, 3.63) is 27.1 Å². The molecule has 0 aromatic carbocycles. The number of hydrogen-bond acceptors (Lipinski definition) is 7. The van der Waals surface area contributed by atoms with Crippen molar-refractivity contribution in [2.24, 2.45) is 5.92 Å². The van der Waals surface area contributed by atoms with Gasteiger partial charge in [-0.3, -0.25) is 14.5 Å². The zero-order valence-corrected chi connectivity index (χ0v) is 17.8. The van der Waals surface area contributed by atoms with Gasteiger partial charge in [-0.1, -0.05) is 32.1 Å². The maximum atomic E-state index is 12.3. The molecule has 28 heavy (non-hydrogen) atoms. The molecule has 8 nitrogen and oxygen atoms in total. The average Bonchev–Trinajstić information content (AvgIpc) is 3.11. The van der Waals surface area contributed by atoms with Gasteiger partial charge in [0.1, 0.15) is 5.01 Å². The van der Waals surface area contributed by atoms with E-state index in [4.69, 9.17) is 4.74 Å². The molecular weight excluding hydrogens is 378 g/mol. The first kappa shape index (κ1) is 20.9. The Kier molecular flexibility index (Phi) is 6.47. The molecule has 0 bridgehead atoms. The normalized spacial score (nSPS) is 17.3. The number of piperidine rings is 1. The van der Waals surface area contributed by atoms with E-state index in [1.165, 1.54) is 15.9 Å². The van der Waals surface area contributed by atoms with Crippen LogP contribution >= 0.6 is 11.3 Å². The zero-order chi connectivity index (χ0) is 20.3. The number of aryl methyl sites for hydroxylation is 1. The van der Waals surface area contributed by atoms with Crippen LogP contribution in [0, 0.1) is 5.92 Å². The topological polar surface area (TPSA) is 88.8 Å². The Morgan fingerprint density at radius 3 is 2.71 bits per heavy atom. The number of nitrogens with one attached hydrogen (secondary N) is 1. The Morgan fingerprint density at radius 1 is 1.39 bits per heavy atom. The Morgan fingerprint density at radius 2 is 2.11 bits per heavy atom. The van der Waals surface area contributed by atoms with Crippen molar-refractivity contribution in [2.45, 2.75) is 52.2 Å². The van der Waals surface area contributed by atoms with Crippen LogP contribution in [0.4, 0.5) is 0 Å². The molecule has 0 spiro atoms. The van der Waals surface area contributed by atoms with Crippen molar-refractivity contribution in [3.8, 4) is 0 Å². The first-order valence-corrected chi connectivity index (χ1v) is 10.6. The fourth-order valence-electron chi connectivity index (χ4n) is 3.37. The first-order valence-electron chi connectivity index (χ1n) is 9.79. The summed E-state index contributed by atoms with van der Waals surface area (Å²) in [5.41, 5.74) is 0.316. The molecule has 1 saturated heterocycles. The molecule has 9 heteroatoms. The van der Waals surface area contributed by atoms with Gasteiger partial charge in [0.25, 0.3) is 5.56 Å². The number of carbonyl (C=O) groups is 1. The monoisotopic (exact) mass is 407 g/mol. The highest BCUT2D eigenvalue weighted by molar-refractivity contribution is 7.16. The van der Waals surface area contributed by atoms with Crippen LogP contribution in [-0.2, 0) is 22.5 Å². The molecule has 1 N–H and O–H groups in total. The lowest BCUT2D eigenvalue weighted by atomic mass is 9.90. The summed E-state index contributed by atoms with van der Waals surface area (Å²) in [7, 11) is 1.71. The lowest BCUT2D eigenvalue weighted by Crippen LogP contribution is -2.52. The highest BCUT2D eigenvalue weighted by atomic mass is 32.1. The first-order chi connectivity index (χ1) is 13.4. The van der Waals surface area contributed by atoms with E-state index in [0.29, 0.717) is 18.1 Å². The zero-order valence-electron chi connectivity index (χ0n) is 17.0. The van der Waals surface area contributed by atoms with Crippen molar-refractivity contribution >= 4 is 22.2 Å². The van der Waals surface area contributed by atoms with Crippen molar-refractivity contribution in [2.75, 3.05) is 26.7 Å². The van der Waals surface area contributed by atoms with Gasteiger partial charge in [0.05, 0.1) is 11.3 Å². The lowest BCUT2D eigenvalue weighted by molar-refractivity contribution is -0.126. The standard InChI is InChI=1S/C19H29N5O3S/c1-5-15-22-24-16(25)10-14(21-18(24)28-15)11-23-8-6-19(27-4,7-9-23)12-20-17(26)13(2)3/h10,13H,5-9,11-12H2,1-4H3,(H,20,26). The van der Waals surface area contributed by atoms with Crippen molar-refractivity contribution in [1.29, 1.82) is 0 Å². The number of methoxy groups -OCH3 is 1. The Balaban J connectivity index is 1.62. The third-order valence-electron chi connectivity index (χ3n) is 5.34. The molecule has 3 heterocycles. The van der Waals surface area contributed by atoms with Crippen LogP contribution in [0.1, 0.15) is 44.3 Å². The van der Waals surface area contributed by atoms with Gasteiger partial charge < -0.3 is 10.1 Å². The quantitative estimate of drug-likeness (QED) is 0.748. The second kappa shape index (κ2) is 8.67. The molecule has 0 radical (unpaired) electrons. The molecule has 0 atom stereocenters. The molecule has 0 aliphatic carbocycles.